The minimum Gasteiger partial charge on any atom is -0.496 e. The smallest absolute Gasteiger partial charge is 0.123 e. The third-order valence-corrected chi connectivity index (χ3v) is 4.86. The van der Waals surface area contributed by atoms with Gasteiger partial charge in [-0.2, -0.15) is 11.8 Å². The molecule has 0 amide bonds. The molecule has 16 heavy (non-hydrogen) atoms. The third kappa shape index (κ3) is 2.24. The molecule has 0 radical (unpaired) electrons. The van der Waals surface area contributed by atoms with Crippen molar-refractivity contribution >= 4 is 27.7 Å². The molecular formula is C12H16BrNOS. The lowest BCUT2D eigenvalue weighted by Crippen LogP contribution is -2.15. The minimum absolute atomic E-state index is 0.101. The van der Waals surface area contributed by atoms with E-state index in [1.54, 1.807) is 7.11 Å². The molecule has 0 saturated carbocycles. The first-order valence-corrected chi connectivity index (χ1v) is 7.20. The van der Waals surface area contributed by atoms with Crippen molar-refractivity contribution in [3.8, 4) is 5.75 Å². The van der Waals surface area contributed by atoms with Crippen molar-refractivity contribution in [3.63, 3.8) is 0 Å². The standard InChI is InChI=1S/C12H16BrNOS/c1-7-5-10(14)12-8(6-16-7)11(15-2)4-3-9(12)13/h3-4,7,10H,5-6,14H2,1-2H3/t7?,10-/m0/s1. The van der Waals surface area contributed by atoms with Crippen molar-refractivity contribution in [1.82, 2.24) is 0 Å². The van der Waals surface area contributed by atoms with Crippen LogP contribution in [0.3, 0.4) is 0 Å². The van der Waals surface area contributed by atoms with E-state index in [0.717, 1.165) is 22.4 Å². The summed E-state index contributed by atoms with van der Waals surface area (Å²) in [7, 11) is 1.72. The Balaban J connectivity index is 2.52. The number of hydrogen-bond acceptors (Lipinski definition) is 3. The molecule has 1 aromatic rings. The van der Waals surface area contributed by atoms with Crippen LogP contribution in [0.25, 0.3) is 0 Å². The van der Waals surface area contributed by atoms with Crippen LogP contribution in [0.1, 0.15) is 30.5 Å². The summed E-state index contributed by atoms with van der Waals surface area (Å²) in [4.78, 5) is 0. The Morgan fingerprint density at radius 3 is 2.94 bits per heavy atom. The molecule has 1 aromatic carbocycles. The predicted octanol–water partition coefficient (Wildman–Crippen LogP) is 3.48. The van der Waals surface area contributed by atoms with E-state index in [4.69, 9.17) is 10.5 Å². The number of thioether (sulfide) groups is 1. The van der Waals surface area contributed by atoms with Gasteiger partial charge in [0.1, 0.15) is 5.75 Å². The van der Waals surface area contributed by atoms with Gasteiger partial charge in [-0.3, -0.25) is 0 Å². The van der Waals surface area contributed by atoms with Gasteiger partial charge in [-0.05, 0) is 24.1 Å². The predicted molar refractivity (Wildman–Crippen MR) is 73.0 cm³/mol. The van der Waals surface area contributed by atoms with E-state index in [9.17, 15) is 0 Å². The van der Waals surface area contributed by atoms with Gasteiger partial charge in [-0.1, -0.05) is 22.9 Å². The van der Waals surface area contributed by atoms with E-state index in [1.165, 1.54) is 11.1 Å². The third-order valence-electron chi connectivity index (χ3n) is 2.95. The molecule has 1 aliphatic heterocycles. The molecule has 4 heteroatoms. The average Bonchev–Trinajstić information content (AvgIpc) is 2.39. The molecule has 1 heterocycles. The van der Waals surface area contributed by atoms with Crippen LogP contribution in [-0.2, 0) is 5.75 Å². The summed E-state index contributed by atoms with van der Waals surface area (Å²) >= 11 is 5.54. The van der Waals surface area contributed by atoms with E-state index < -0.39 is 0 Å². The molecular weight excluding hydrogens is 286 g/mol. The Morgan fingerprint density at radius 1 is 1.50 bits per heavy atom. The largest absolute Gasteiger partial charge is 0.496 e. The summed E-state index contributed by atoms with van der Waals surface area (Å²) in [6.45, 7) is 2.23. The fourth-order valence-electron chi connectivity index (χ4n) is 2.13. The normalized spacial score (nSPS) is 24.8. The lowest BCUT2D eigenvalue weighted by atomic mass is 9.98. The molecule has 0 fully saturated rings. The zero-order chi connectivity index (χ0) is 11.7. The second-order valence-corrected chi connectivity index (χ2v) is 6.39. The van der Waals surface area contributed by atoms with Crippen molar-refractivity contribution in [3.05, 3.63) is 27.7 Å². The Morgan fingerprint density at radius 2 is 2.25 bits per heavy atom. The highest BCUT2D eigenvalue weighted by atomic mass is 79.9. The molecule has 2 nitrogen and oxygen atoms in total. The Labute approximate surface area is 109 Å². The van der Waals surface area contributed by atoms with Crippen molar-refractivity contribution in [2.75, 3.05) is 7.11 Å². The first-order chi connectivity index (χ1) is 7.63. The number of benzene rings is 1. The molecule has 1 unspecified atom stereocenters. The monoisotopic (exact) mass is 301 g/mol. The summed E-state index contributed by atoms with van der Waals surface area (Å²) in [5, 5.41) is 0.596. The number of hydrogen-bond donors (Lipinski definition) is 1. The van der Waals surface area contributed by atoms with Gasteiger partial charge in [-0.25, -0.2) is 0 Å². The molecule has 0 saturated heterocycles. The highest BCUT2D eigenvalue weighted by molar-refractivity contribution is 9.10. The maximum Gasteiger partial charge on any atom is 0.123 e. The van der Waals surface area contributed by atoms with Gasteiger partial charge in [-0.15, -0.1) is 0 Å². The van der Waals surface area contributed by atoms with Crippen molar-refractivity contribution in [2.24, 2.45) is 5.73 Å². The van der Waals surface area contributed by atoms with Crippen LogP contribution in [0.15, 0.2) is 16.6 Å². The van der Waals surface area contributed by atoms with Crippen LogP contribution >= 0.6 is 27.7 Å². The summed E-state index contributed by atoms with van der Waals surface area (Å²) in [6, 6.07) is 4.13. The molecule has 0 spiro atoms. The lowest BCUT2D eigenvalue weighted by molar-refractivity contribution is 0.410. The number of methoxy groups -OCH3 is 1. The number of nitrogens with two attached hydrogens (primary N) is 1. The summed E-state index contributed by atoms with van der Waals surface area (Å²) in [5.41, 5.74) is 8.73. The average molecular weight is 302 g/mol. The molecule has 2 N–H and O–H groups in total. The van der Waals surface area contributed by atoms with Gasteiger partial charge in [0.2, 0.25) is 0 Å². The zero-order valence-electron chi connectivity index (χ0n) is 9.50. The van der Waals surface area contributed by atoms with E-state index in [-0.39, 0.29) is 6.04 Å². The fourth-order valence-corrected chi connectivity index (χ4v) is 3.88. The van der Waals surface area contributed by atoms with Gasteiger partial charge in [0, 0.05) is 27.1 Å². The summed E-state index contributed by atoms with van der Waals surface area (Å²) in [6.07, 6.45) is 1.02. The van der Waals surface area contributed by atoms with Gasteiger partial charge >= 0.3 is 0 Å². The van der Waals surface area contributed by atoms with Gasteiger partial charge in [0.15, 0.2) is 0 Å². The quantitative estimate of drug-likeness (QED) is 0.862. The highest BCUT2D eigenvalue weighted by Gasteiger charge is 2.24. The van der Waals surface area contributed by atoms with Gasteiger partial charge in [0.25, 0.3) is 0 Å². The Kier molecular flexibility index (Phi) is 3.82. The number of ether oxygens (including phenoxy) is 1. The summed E-state index contributed by atoms with van der Waals surface area (Å²) < 4.78 is 6.52. The van der Waals surface area contributed by atoms with Crippen molar-refractivity contribution in [2.45, 2.75) is 30.4 Å². The number of rotatable bonds is 1. The molecule has 0 aromatic heterocycles. The van der Waals surface area contributed by atoms with Crippen LogP contribution in [0.5, 0.6) is 5.75 Å². The topological polar surface area (TPSA) is 35.2 Å². The van der Waals surface area contributed by atoms with Gasteiger partial charge < -0.3 is 10.5 Å². The molecule has 0 bridgehead atoms. The van der Waals surface area contributed by atoms with E-state index in [2.05, 4.69) is 22.9 Å². The SMILES string of the molecule is COc1ccc(Br)c2c1CSC(C)C[C@@H]2N. The maximum atomic E-state index is 6.26. The van der Waals surface area contributed by atoms with Crippen LogP contribution < -0.4 is 10.5 Å². The van der Waals surface area contributed by atoms with Crippen LogP contribution in [0.2, 0.25) is 0 Å². The van der Waals surface area contributed by atoms with Crippen LogP contribution in [-0.4, -0.2) is 12.4 Å². The Hall–Kier alpha value is -0.190. The number of halogens is 1. The molecule has 2 atom stereocenters. The second kappa shape index (κ2) is 4.98. The first-order valence-electron chi connectivity index (χ1n) is 5.36. The van der Waals surface area contributed by atoms with Crippen molar-refractivity contribution in [1.29, 1.82) is 0 Å². The van der Waals surface area contributed by atoms with Gasteiger partial charge in [0.05, 0.1) is 7.11 Å². The van der Waals surface area contributed by atoms with E-state index in [1.807, 2.05) is 23.9 Å². The molecule has 2 rings (SSSR count). The van der Waals surface area contributed by atoms with Crippen molar-refractivity contribution < 1.29 is 4.74 Å². The van der Waals surface area contributed by atoms with Crippen LogP contribution in [0.4, 0.5) is 0 Å². The maximum absolute atomic E-state index is 6.26. The van der Waals surface area contributed by atoms with Crippen LogP contribution in [0, 0.1) is 0 Å². The molecule has 88 valence electrons. The zero-order valence-corrected chi connectivity index (χ0v) is 11.9. The summed E-state index contributed by atoms with van der Waals surface area (Å²) in [5.74, 6) is 1.93. The first kappa shape index (κ1) is 12.3. The van der Waals surface area contributed by atoms with E-state index in [0.29, 0.717) is 5.25 Å². The lowest BCUT2D eigenvalue weighted by Gasteiger charge is -2.17. The van der Waals surface area contributed by atoms with E-state index >= 15 is 0 Å². The Bertz CT molecular complexity index is 397. The number of fused-ring (bicyclic) bond motifs is 1. The highest BCUT2D eigenvalue weighted by Crippen LogP contribution is 2.41. The fraction of sp³-hybridized carbons (Fsp3) is 0.500. The molecule has 1 aliphatic rings. The minimum atomic E-state index is 0.101. The second-order valence-electron chi connectivity index (χ2n) is 4.11. The molecule has 0 aliphatic carbocycles.